The number of esters is 1. The summed E-state index contributed by atoms with van der Waals surface area (Å²) in [4.78, 5) is 38.6. The van der Waals surface area contributed by atoms with E-state index in [9.17, 15) is 22.8 Å². The molecular formula is C20H26N2O6S2. The van der Waals surface area contributed by atoms with Crippen molar-refractivity contribution in [2.75, 3.05) is 30.8 Å². The highest BCUT2D eigenvalue weighted by Gasteiger charge is 2.29. The number of nitrogens with zero attached hydrogens (tertiary/aromatic N) is 1. The molecule has 1 aromatic carbocycles. The Bertz CT molecular complexity index is 939. The predicted molar refractivity (Wildman–Crippen MR) is 113 cm³/mol. The van der Waals surface area contributed by atoms with Crippen molar-refractivity contribution in [2.24, 2.45) is 5.92 Å². The van der Waals surface area contributed by atoms with Gasteiger partial charge in [0.25, 0.3) is 0 Å². The first-order chi connectivity index (χ1) is 14.2. The fourth-order valence-electron chi connectivity index (χ4n) is 3.50. The number of carbonyl (C=O) groups is 3. The Morgan fingerprint density at radius 1 is 1.27 bits per heavy atom. The van der Waals surface area contributed by atoms with Gasteiger partial charge in [0.1, 0.15) is 0 Å². The molecular weight excluding hydrogens is 428 g/mol. The molecule has 0 aromatic heterocycles. The number of sulfone groups is 1. The number of anilines is 1. The highest BCUT2D eigenvalue weighted by atomic mass is 32.2. The predicted octanol–water partition coefficient (Wildman–Crippen LogP) is 2.08. The summed E-state index contributed by atoms with van der Waals surface area (Å²) >= 11 is 1.38. The van der Waals surface area contributed by atoms with E-state index in [2.05, 4.69) is 5.32 Å². The van der Waals surface area contributed by atoms with Crippen molar-refractivity contribution in [3.8, 4) is 0 Å². The highest BCUT2D eigenvalue weighted by molar-refractivity contribution is 8.01. The Balaban J connectivity index is 1.57. The molecule has 30 heavy (non-hydrogen) atoms. The van der Waals surface area contributed by atoms with Crippen LogP contribution in [0.4, 0.5) is 5.69 Å². The molecule has 2 aliphatic heterocycles. The number of rotatable bonds is 6. The molecule has 3 rings (SSSR count). The first-order valence-corrected chi connectivity index (χ1v) is 12.5. The van der Waals surface area contributed by atoms with Gasteiger partial charge >= 0.3 is 5.97 Å². The standard InChI is InChI=1S/C20H26N2O6S2/c1-3-28-20(25)14-6-9-22(10-7-14)18(23)8-11-30(26,27)15-4-5-17-16(12-15)21-19(24)13(2)29-17/h4-5,12-14H,3,6-11H2,1-2H3,(H,21,24)/t13-/m1/s1. The third kappa shape index (κ3) is 5.15. The Morgan fingerprint density at radius 2 is 1.97 bits per heavy atom. The monoisotopic (exact) mass is 454 g/mol. The third-order valence-corrected chi connectivity index (χ3v) is 8.18. The maximum atomic E-state index is 12.7. The number of carbonyl (C=O) groups excluding carboxylic acids is 3. The zero-order chi connectivity index (χ0) is 21.9. The van der Waals surface area contributed by atoms with Gasteiger partial charge in [-0.3, -0.25) is 14.4 Å². The number of amides is 2. The van der Waals surface area contributed by atoms with Crippen LogP contribution in [-0.2, 0) is 29.0 Å². The smallest absolute Gasteiger partial charge is 0.309 e. The Hall–Kier alpha value is -2.07. The first-order valence-electron chi connectivity index (χ1n) is 10.00. The summed E-state index contributed by atoms with van der Waals surface area (Å²) in [6, 6.07) is 4.65. The molecule has 2 aliphatic rings. The SMILES string of the molecule is CCOC(=O)C1CCN(C(=O)CCS(=O)(=O)c2ccc3c(c2)NC(=O)[C@@H](C)S3)CC1. The summed E-state index contributed by atoms with van der Waals surface area (Å²) in [5.41, 5.74) is 0.483. The van der Waals surface area contributed by atoms with Crippen LogP contribution in [0.25, 0.3) is 0 Å². The van der Waals surface area contributed by atoms with E-state index in [1.807, 2.05) is 0 Å². The van der Waals surface area contributed by atoms with E-state index >= 15 is 0 Å². The molecule has 0 spiro atoms. The number of ether oxygens (including phenoxy) is 1. The minimum absolute atomic E-state index is 0.0884. The van der Waals surface area contributed by atoms with Crippen molar-refractivity contribution in [2.45, 2.75) is 48.2 Å². The molecule has 10 heteroatoms. The van der Waals surface area contributed by atoms with Crippen molar-refractivity contribution in [3.05, 3.63) is 18.2 Å². The lowest BCUT2D eigenvalue weighted by molar-refractivity contribution is -0.151. The maximum absolute atomic E-state index is 12.7. The van der Waals surface area contributed by atoms with E-state index in [0.717, 1.165) is 4.90 Å². The fraction of sp³-hybridized carbons (Fsp3) is 0.550. The van der Waals surface area contributed by atoms with Gasteiger partial charge in [-0.05, 0) is 44.9 Å². The van der Waals surface area contributed by atoms with Crippen molar-refractivity contribution in [1.82, 2.24) is 4.90 Å². The van der Waals surface area contributed by atoms with E-state index in [0.29, 0.717) is 38.2 Å². The molecule has 1 saturated heterocycles. The lowest BCUT2D eigenvalue weighted by Gasteiger charge is -2.31. The number of hydrogen-bond acceptors (Lipinski definition) is 7. The van der Waals surface area contributed by atoms with Crippen LogP contribution in [0.2, 0.25) is 0 Å². The molecule has 0 bridgehead atoms. The van der Waals surface area contributed by atoms with Crippen molar-refractivity contribution >= 4 is 45.1 Å². The van der Waals surface area contributed by atoms with Crippen LogP contribution in [0.1, 0.15) is 33.1 Å². The van der Waals surface area contributed by atoms with E-state index in [1.54, 1.807) is 24.8 Å². The van der Waals surface area contributed by atoms with Gasteiger partial charge in [0.05, 0.1) is 34.1 Å². The molecule has 1 aromatic rings. The maximum Gasteiger partial charge on any atom is 0.309 e. The van der Waals surface area contributed by atoms with Crippen molar-refractivity contribution < 1.29 is 27.5 Å². The van der Waals surface area contributed by atoms with Crippen molar-refractivity contribution in [1.29, 1.82) is 0 Å². The number of hydrogen-bond donors (Lipinski definition) is 1. The largest absolute Gasteiger partial charge is 0.466 e. The number of thioether (sulfide) groups is 1. The zero-order valence-electron chi connectivity index (χ0n) is 17.0. The molecule has 1 fully saturated rings. The van der Waals surface area contributed by atoms with Gasteiger partial charge in [-0.15, -0.1) is 11.8 Å². The van der Waals surface area contributed by atoms with Gasteiger partial charge in [-0.2, -0.15) is 0 Å². The highest BCUT2D eigenvalue weighted by Crippen LogP contribution is 2.37. The molecule has 1 N–H and O–H groups in total. The number of piperidine rings is 1. The zero-order valence-corrected chi connectivity index (χ0v) is 18.7. The van der Waals surface area contributed by atoms with E-state index in [1.165, 1.54) is 23.9 Å². The van der Waals surface area contributed by atoms with Crippen LogP contribution in [-0.4, -0.2) is 61.8 Å². The summed E-state index contributed by atoms with van der Waals surface area (Å²) < 4.78 is 30.4. The minimum Gasteiger partial charge on any atom is -0.466 e. The van der Waals surface area contributed by atoms with E-state index in [-0.39, 0.29) is 46.0 Å². The summed E-state index contributed by atoms with van der Waals surface area (Å²) in [6.45, 7) is 4.72. The Labute approximate surface area is 180 Å². The van der Waals surface area contributed by atoms with Gasteiger partial charge in [0.2, 0.25) is 11.8 Å². The second-order valence-corrected chi connectivity index (χ2v) is 10.9. The van der Waals surface area contributed by atoms with E-state index in [4.69, 9.17) is 4.74 Å². The van der Waals surface area contributed by atoms with Crippen LogP contribution in [0, 0.1) is 5.92 Å². The van der Waals surface area contributed by atoms with Gasteiger partial charge in [-0.1, -0.05) is 0 Å². The molecule has 0 radical (unpaired) electrons. The van der Waals surface area contributed by atoms with Crippen LogP contribution in [0.5, 0.6) is 0 Å². The number of benzene rings is 1. The van der Waals surface area contributed by atoms with Crippen LogP contribution in [0.3, 0.4) is 0 Å². The lowest BCUT2D eigenvalue weighted by Crippen LogP contribution is -2.41. The Kier molecular flexibility index (Phi) is 7.07. The number of likely N-dealkylation sites (tertiary alicyclic amines) is 1. The second-order valence-electron chi connectivity index (χ2n) is 7.38. The topological polar surface area (TPSA) is 110 Å². The summed E-state index contributed by atoms with van der Waals surface area (Å²) in [6.07, 6.45) is 0.928. The van der Waals surface area contributed by atoms with Gasteiger partial charge in [-0.25, -0.2) is 8.42 Å². The number of nitrogens with one attached hydrogen (secondary N) is 1. The van der Waals surface area contributed by atoms with Crippen LogP contribution in [0.15, 0.2) is 28.0 Å². The number of fused-ring (bicyclic) bond motifs is 1. The molecule has 2 heterocycles. The lowest BCUT2D eigenvalue weighted by atomic mass is 9.97. The van der Waals surface area contributed by atoms with Gasteiger partial charge in [0.15, 0.2) is 9.84 Å². The minimum atomic E-state index is -3.67. The molecule has 164 valence electrons. The summed E-state index contributed by atoms with van der Waals surface area (Å²) in [7, 11) is -3.67. The molecule has 0 aliphatic carbocycles. The summed E-state index contributed by atoms with van der Waals surface area (Å²) in [5, 5.41) is 2.49. The normalized spacial score (nSPS) is 19.7. The molecule has 0 saturated carbocycles. The third-order valence-electron chi connectivity index (χ3n) is 5.29. The molecule has 8 nitrogen and oxygen atoms in total. The first kappa shape index (κ1) is 22.6. The Morgan fingerprint density at radius 3 is 2.63 bits per heavy atom. The van der Waals surface area contributed by atoms with Crippen molar-refractivity contribution in [3.63, 3.8) is 0 Å². The fourth-order valence-corrected chi connectivity index (χ4v) is 5.69. The molecule has 1 atom stereocenters. The van der Waals surface area contributed by atoms with Gasteiger partial charge < -0.3 is 15.0 Å². The summed E-state index contributed by atoms with van der Waals surface area (Å²) in [5.74, 6) is -1.15. The van der Waals surface area contributed by atoms with E-state index < -0.39 is 9.84 Å². The average molecular weight is 455 g/mol. The molecule has 0 unspecified atom stereocenters. The van der Waals surface area contributed by atoms with Crippen LogP contribution < -0.4 is 5.32 Å². The van der Waals surface area contributed by atoms with Crippen LogP contribution >= 0.6 is 11.8 Å². The second kappa shape index (κ2) is 9.38. The quantitative estimate of drug-likeness (QED) is 0.655. The van der Waals surface area contributed by atoms with Gasteiger partial charge in [0, 0.05) is 24.4 Å². The molecule has 2 amide bonds. The average Bonchev–Trinajstić information content (AvgIpc) is 2.73.